The van der Waals surface area contributed by atoms with E-state index >= 15 is 0 Å². The highest BCUT2D eigenvalue weighted by Crippen LogP contribution is 2.29. The monoisotopic (exact) mass is 379 g/mol. The summed E-state index contributed by atoms with van der Waals surface area (Å²) in [6.45, 7) is 8.28. The molecule has 1 aliphatic rings. The third-order valence-electron chi connectivity index (χ3n) is 5.29. The highest BCUT2D eigenvalue weighted by atomic mass is 32.1. The number of nitrogens with zero attached hydrogens (tertiary/aromatic N) is 1. The second-order valence-electron chi connectivity index (χ2n) is 7.23. The fraction of sp³-hybridized carbons (Fsp3) is 0.632. The molecule has 2 rings (SSSR count). The number of hydrazone groups is 1. The maximum atomic E-state index is 10.7. The Bertz CT molecular complexity index is 684. The normalized spacial score (nSPS) is 23.5. The average molecular weight is 380 g/mol. The van der Waals surface area contributed by atoms with Gasteiger partial charge >= 0.3 is 5.97 Å². The zero-order chi connectivity index (χ0) is 19.3. The van der Waals surface area contributed by atoms with Gasteiger partial charge < -0.3 is 14.8 Å². The molecule has 6 nitrogen and oxygen atoms in total. The van der Waals surface area contributed by atoms with Crippen molar-refractivity contribution in [2.45, 2.75) is 65.8 Å². The van der Waals surface area contributed by atoms with Gasteiger partial charge in [0.15, 0.2) is 5.11 Å². The second kappa shape index (κ2) is 9.16. The minimum atomic E-state index is -0.838. The molecule has 0 bridgehead atoms. The van der Waals surface area contributed by atoms with Gasteiger partial charge in [-0.2, -0.15) is 5.10 Å². The fourth-order valence-electron chi connectivity index (χ4n) is 3.44. The summed E-state index contributed by atoms with van der Waals surface area (Å²) >= 11 is 5.39. The summed E-state index contributed by atoms with van der Waals surface area (Å²) in [7, 11) is 0. The van der Waals surface area contributed by atoms with Crippen molar-refractivity contribution in [1.29, 1.82) is 0 Å². The molecule has 7 heteroatoms. The van der Waals surface area contributed by atoms with Crippen LogP contribution in [-0.4, -0.2) is 27.9 Å². The SMILES string of the molecule is C/C(=N/NC(=S)N[C@H]1CCC[C@@H](C)[C@@H]1C)c1cc(CCC(=O)O)oc1C. The highest BCUT2D eigenvalue weighted by Gasteiger charge is 2.27. The van der Waals surface area contributed by atoms with Gasteiger partial charge in [0, 0.05) is 18.0 Å². The summed E-state index contributed by atoms with van der Waals surface area (Å²) in [6.07, 6.45) is 4.05. The van der Waals surface area contributed by atoms with Crippen LogP contribution in [0.3, 0.4) is 0 Å². The molecule has 0 amide bonds. The van der Waals surface area contributed by atoms with Crippen molar-refractivity contribution in [2.24, 2.45) is 16.9 Å². The summed E-state index contributed by atoms with van der Waals surface area (Å²) in [5.74, 6) is 1.83. The Kier molecular flexibility index (Phi) is 7.20. The summed E-state index contributed by atoms with van der Waals surface area (Å²) in [6, 6.07) is 2.23. The van der Waals surface area contributed by atoms with Crippen molar-refractivity contribution in [3.8, 4) is 0 Å². The lowest BCUT2D eigenvalue weighted by Gasteiger charge is -2.35. The van der Waals surface area contributed by atoms with Crippen LogP contribution in [0.15, 0.2) is 15.6 Å². The number of carboxylic acids is 1. The summed E-state index contributed by atoms with van der Waals surface area (Å²) in [5, 5.41) is 17.1. The molecular weight excluding hydrogens is 350 g/mol. The van der Waals surface area contributed by atoms with E-state index in [9.17, 15) is 4.79 Å². The van der Waals surface area contributed by atoms with E-state index in [1.54, 1.807) is 0 Å². The summed E-state index contributed by atoms with van der Waals surface area (Å²) < 4.78 is 5.62. The first kappa shape index (κ1) is 20.4. The molecular formula is C19H29N3O3S. The van der Waals surface area contributed by atoms with Gasteiger partial charge in [0.05, 0.1) is 12.1 Å². The number of nitrogens with one attached hydrogen (secondary N) is 2. The Hall–Kier alpha value is -1.89. The first-order chi connectivity index (χ1) is 12.3. The number of thiocarbonyl (C=S) groups is 1. The van der Waals surface area contributed by atoms with Crippen LogP contribution in [0.25, 0.3) is 0 Å². The quantitative estimate of drug-likeness (QED) is 0.398. The lowest BCUT2D eigenvalue weighted by Crippen LogP contribution is -2.46. The molecule has 1 aliphatic carbocycles. The van der Waals surface area contributed by atoms with Crippen LogP contribution in [0.5, 0.6) is 0 Å². The van der Waals surface area contributed by atoms with Crippen molar-refractivity contribution in [1.82, 2.24) is 10.7 Å². The van der Waals surface area contributed by atoms with Crippen LogP contribution in [0.1, 0.15) is 63.5 Å². The van der Waals surface area contributed by atoms with Gasteiger partial charge in [0.25, 0.3) is 0 Å². The van der Waals surface area contributed by atoms with E-state index in [0.717, 1.165) is 23.5 Å². The van der Waals surface area contributed by atoms with Crippen molar-refractivity contribution >= 4 is 29.0 Å². The molecule has 1 fully saturated rings. The minimum absolute atomic E-state index is 0.0484. The second-order valence-corrected chi connectivity index (χ2v) is 7.64. The molecule has 0 saturated heterocycles. The first-order valence-corrected chi connectivity index (χ1v) is 9.61. The molecule has 1 heterocycles. The van der Waals surface area contributed by atoms with Crippen LogP contribution >= 0.6 is 12.2 Å². The molecule has 1 saturated carbocycles. The number of hydrogen-bond donors (Lipinski definition) is 3. The number of carbonyl (C=O) groups is 1. The van der Waals surface area contributed by atoms with Crippen molar-refractivity contribution in [3.63, 3.8) is 0 Å². The summed E-state index contributed by atoms with van der Waals surface area (Å²) in [5.41, 5.74) is 4.54. The number of furan rings is 1. The summed E-state index contributed by atoms with van der Waals surface area (Å²) in [4.78, 5) is 10.7. The zero-order valence-electron chi connectivity index (χ0n) is 16.0. The van der Waals surface area contributed by atoms with Gasteiger partial charge in [-0.1, -0.05) is 26.7 Å². The fourth-order valence-corrected chi connectivity index (χ4v) is 3.63. The van der Waals surface area contributed by atoms with E-state index in [-0.39, 0.29) is 6.42 Å². The number of rotatable bonds is 6. The molecule has 144 valence electrons. The molecule has 0 radical (unpaired) electrons. The molecule has 0 aromatic carbocycles. The minimum Gasteiger partial charge on any atom is -0.481 e. The van der Waals surface area contributed by atoms with Gasteiger partial charge in [-0.05, 0) is 50.4 Å². The predicted octanol–water partition coefficient (Wildman–Crippen LogP) is 3.62. The van der Waals surface area contributed by atoms with Gasteiger partial charge in [0.1, 0.15) is 11.5 Å². The van der Waals surface area contributed by atoms with Crippen molar-refractivity contribution in [2.75, 3.05) is 0 Å². The van der Waals surface area contributed by atoms with Gasteiger partial charge in [0.2, 0.25) is 0 Å². The number of aryl methyl sites for hydroxylation is 2. The standard InChI is InChI=1S/C19H29N3O3S/c1-11-6-5-7-17(12(11)2)20-19(26)22-21-13(3)16-10-15(25-14(16)4)8-9-18(23)24/h10-12,17H,5-9H2,1-4H3,(H,23,24)(H2,20,22,26)/b21-13-/t11-,12+,17+/m1/s1. The van der Waals surface area contributed by atoms with Crippen LogP contribution < -0.4 is 10.7 Å². The van der Waals surface area contributed by atoms with Gasteiger partial charge in [-0.3, -0.25) is 10.2 Å². The predicted molar refractivity (Wildman–Crippen MR) is 106 cm³/mol. The molecule has 3 atom stereocenters. The Labute approximate surface area is 160 Å². The molecule has 1 aromatic heterocycles. The maximum Gasteiger partial charge on any atom is 0.303 e. The number of aliphatic carboxylic acids is 1. The van der Waals surface area contributed by atoms with Crippen molar-refractivity contribution < 1.29 is 14.3 Å². The lowest BCUT2D eigenvalue weighted by atomic mass is 9.78. The average Bonchev–Trinajstić information content (AvgIpc) is 2.96. The molecule has 3 N–H and O–H groups in total. The smallest absolute Gasteiger partial charge is 0.303 e. The van der Waals surface area contributed by atoms with E-state index < -0.39 is 5.97 Å². The highest BCUT2D eigenvalue weighted by molar-refractivity contribution is 7.80. The Morgan fingerprint density at radius 1 is 1.42 bits per heavy atom. The lowest BCUT2D eigenvalue weighted by molar-refractivity contribution is -0.137. The third kappa shape index (κ3) is 5.56. The number of hydrogen-bond acceptors (Lipinski definition) is 4. The Morgan fingerprint density at radius 2 is 2.15 bits per heavy atom. The van der Waals surface area contributed by atoms with Crippen molar-refractivity contribution in [3.05, 3.63) is 23.2 Å². The Balaban J connectivity index is 1.92. The maximum absolute atomic E-state index is 10.7. The van der Waals surface area contributed by atoms with Crippen LogP contribution in [0, 0.1) is 18.8 Å². The van der Waals surface area contributed by atoms with E-state index in [1.165, 1.54) is 12.8 Å². The van der Waals surface area contributed by atoms with E-state index in [4.69, 9.17) is 21.7 Å². The van der Waals surface area contributed by atoms with Crippen LogP contribution in [0.4, 0.5) is 0 Å². The largest absolute Gasteiger partial charge is 0.481 e. The molecule has 0 aliphatic heterocycles. The Morgan fingerprint density at radius 3 is 2.85 bits per heavy atom. The zero-order valence-corrected chi connectivity index (χ0v) is 16.8. The van der Waals surface area contributed by atoms with E-state index in [1.807, 2.05) is 19.9 Å². The van der Waals surface area contributed by atoms with E-state index in [2.05, 4.69) is 29.7 Å². The van der Waals surface area contributed by atoms with Gasteiger partial charge in [-0.25, -0.2) is 0 Å². The molecule has 26 heavy (non-hydrogen) atoms. The van der Waals surface area contributed by atoms with Crippen LogP contribution in [-0.2, 0) is 11.2 Å². The molecule has 0 unspecified atom stereocenters. The topological polar surface area (TPSA) is 86.9 Å². The molecule has 1 aromatic rings. The number of carboxylic acid groups (broad SMARTS) is 1. The molecule has 0 spiro atoms. The third-order valence-corrected chi connectivity index (χ3v) is 5.50. The van der Waals surface area contributed by atoms with Gasteiger partial charge in [-0.15, -0.1) is 0 Å². The van der Waals surface area contributed by atoms with Crippen LogP contribution in [0.2, 0.25) is 0 Å². The van der Waals surface area contributed by atoms with E-state index in [0.29, 0.717) is 35.2 Å². The first-order valence-electron chi connectivity index (χ1n) is 9.20.